The van der Waals surface area contributed by atoms with Gasteiger partial charge in [-0.3, -0.25) is 9.59 Å². The predicted octanol–water partition coefficient (Wildman–Crippen LogP) is 3.19. The van der Waals surface area contributed by atoms with Crippen molar-refractivity contribution in [2.24, 2.45) is 5.92 Å². The van der Waals surface area contributed by atoms with Crippen LogP contribution in [0.2, 0.25) is 0 Å². The number of carbonyl (C=O) groups is 3. The van der Waals surface area contributed by atoms with Crippen molar-refractivity contribution in [2.75, 3.05) is 30.0 Å². The van der Waals surface area contributed by atoms with E-state index in [0.29, 0.717) is 24.3 Å². The molecule has 6 nitrogen and oxygen atoms in total. The van der Waals surface area contributed by atoms with Crippen LogP contribution >= 0.6 is 0 Å². The van der Waals surface area contributed by atoms with Crippen LogP contribution in [-0.4, -0.2) is 38.0 Å². The zero-order valence-electron chi connectivity index (χ0n) is 16.3. The first-order valence-corrected chi connectivity index (χ1v) is 9.31. The summed E-state index contributed by atoms with van der Waals surface area (Å²) in [5.74, 6) is -1.07. The number of amides is 2. The summed E-state index contributed by atoms with van der Waals surface area (Å²) in [5.41, 5.74) is 2.89. The fourth-order valence-electron chi connectivity index (χ4n) is 3.52. The Balaban J connectivity index is 1.80. The summed E-state index contributed by atoms with van der Waals surface area (Å²) in [5, 5.41) is 0. The normalized spacial score (nSPS) is 16.2. The SMILES string of the molecule is CCN(C(=O)C1CC(=O)N(c2cccc(C(=O)OC)c2)C1)c1cccc(C)c1. The average molecular weight is 380 g/mol. The molecule has 1 aliphatic heterocycles. The van der Waals surface area contributed by atoms with Crippen LogP contribution in [0.15, 0.2) is 48.5 Å². The first-order valence-electron chi connectivity index (χ1n) is 9.31. The van der Waals surface area contributed by atoms with Gasteiger partial charge in [-0.25, -0.2) is 4.79 Å². The van der Waals surface area contributed by atoms with E-state index < -0.39 is 11.9 Å². The number of anilines is 2. The Morgan fingerprint density at radius 2 is 1.93 bits per heavy atom. The monoisotopic (exact) mass is 380 g/mol. The minimum absolute atomic E-state index is 0.0620. The van der Waals surface area contributed by atoms with Gasteiger partial charge in [0.2, 0.25) is 11.8 Å². The van der Waals surface area contributed by atoms with E-state index in [4.69, 9.17) is 4.74 Å². The van der Waals surface area contributed by atoms with Crippen molar-refractivity contribution in [1.29, 1.82) is 0 Å². The number of methoxy groups -OCH3 is 1. The largest absolute Gasteiger partial charge is 0.465 e. The Labute approximate surface area is 164 Å². The maximum Gasteiger partial charge on any atom is 0.337 e. The quantitative estimate of drug-likeness (QED) is 0.747. The van der Waals surface area contributed by atoms with Crippen molar-refractivity contribution >= 4 is 29.2 Å². The number of esters is 1. The minimum atomic E-state index is -0.460. The number of hydrogen-bond acceptors (Lipinski definition) is 4. The van der Waals surface area contributed by atoms with Crippen molar-refractivity contribution in [1.82, 2.24) is 0 Å². The second-order valence-corrected chi connectivity index (χ2v) is 6.87. The molecule has 1 heterocycles. The molecule has 0 spiro atoms. The molecule has 6 heteroatoms. The molecule has 2 aromatic carbocycles. The predicted molar refractivity (Wildman–Crippen MR) is 107 cm³/mol. The number of nitrogens with zero attached hydrogens (tertiary/aromatic N) is 2. The molecule has 0 saturated carbocycles. The fourth-order valence-corrected chi connectivity index (χ4v) is 3.52. The van der Waals surface area contributed by atoms with E-state index in [9.17, 15) is 14.4 Å². The van der Waals surface area contributed by atoms with Gasteiger partial charge in [0.05, 0.1) is 18.6 Å². The van der Waals surface area contributed by atoms with Crippen LogP contribution < -0.4 is 9.80 Å². The highest BCUT2D eigenvalue weighted by molar-refractivity contribution is 6.05. The second kappa shape index (κ2) is 8.25. The summed E-state index contributed by atoms with van der Waals surface area (Å²) in [4.78, 5) is 40.7. The highest BCUT2D eigenvalue weighted by Gasteiger charge is 2.37. The maximum absolute atomic E-state index is 13.1. The van der Waals surface area contributed by atoms with Gasteiger partial charge in [0, 0.05) is 30.9 Å². The molecular weight excluding hydrogens is 356 g/mol. The van der Waals surface area contributed by atoms with Gasteiger partial charge in [0.25, 0.3) is 0 Å². The van der Waals surface area contributed by atoms with E-state index in [1.807, 2.05) is 38.1 Å². The number of aryl methyl sites for hydroxylation is 1. The lowest BCUT2D eigenvalue weighted by molar-refractivity contribution is -0.124. The molecule has 1 saturated heterocycles. The van der Waals surface area contributed by atoms with Crippen LogP contribution in [0, 0.1) is 12.8 Å². The summed E-state index contributed by atoms with van der Waals surface area (Å²) < 4.78 is 4.74. The van der Waals surface area contributed by atoms with Gasteiger partial charge in [-0.1, -0.05) is 18.2 Å². The third kappa shape index (κ3) is 3.91. The van der Waals surface area contributed by atoms with Crippen LogP contribution in [0.5, 0.6) is 0 Å². The summed E-state index contributed by atoms with van der Waals surface area (Å²) >= 11 is 0. The van der Waals surface area contributed by atoms with Gasteiger partial charge in [0.1, 0.15) is 0 Å². The fraction of sp³-hybridized carbons (Fsp3) is 0.318. The Morgan fingerprint density at radius 3 is 2.61 bits per heavy atom. The lowest BCUT2D eigenvalue weighted by Crippen LogP contribution is -2.37. The van der Waals surface area contributed by atoms with Gasteiger partial charge < -0.3 is 14.5 Å². The van der Waals surface area contributed by atoms with Crippen molar-refractivity contribution in [3.63, 3.8) is 0 Å². The van der Waals surface area contributed by atoms with E-state index in [1.54, 1.807) is 34.1 Å². The summed E-state index contributed by atoms with van der Waals surface area (Å²) in [6.07, 6.45) is 0.156. The number of rotatable bonds is 5. The van der Waals surface area contributed by atoms with Crippen molar-refractivity contribution in [2.45, 2.75) is 20.3 Å². The molecule has 0 aromatic heterocycles. The molecule has 146 valence electrons. The summed E-state index contributed by atoms with van der Waals surface area (Å²) in [7, 11) is 1.31. The van der Waals surface area contributed by atoms with E-state index in [-0.39, 0.29) is 18.2 Å². The van der Waals surface area contributed by atoms with E-state index in [0.717, 1.165) is 11.3 Å². The van der Waals surface area contributed by atoms with Crippen LogP contribution in [0.4, 0.5) is 11.4 Å². The average Bonchev–Trinajstić information content (AvgIpc) is 3.10. The number of benzene rings is 2. The third-order valence-electron chi connectivity index (χ3n) is 4.95. The molecule has 28 heavy (non-hydrogen) atoms. The topological polar surface area (TPSA) is 66.9 Å². The molecule has 3 rings (SSSR count). The van der Waals surface area contributed by atoms with Crippen molar-refractivity contribution in [3.05, 3.63) is 59.7 Å². The van der Waals surface area contributed by atoms with Gasteiger partial charge in [0.15, 0.2) is 0 Å². The first-order chi connectivity index (χ1) is 13.4. The first kappa shape index (κ1) is 19.6. The molecule has 1 unspecified atom stereocenters. The smallest absolute Gasteiger partial charge is 0.337 e. The van der Waals surface area contributed by atoms with Gasteiger partial charge in [-0.2, -0.15) is 0 Å². The molecule has 2 aromatic rings. The molecule has 1 atom stereocenters. The number of carbonyl (C=O) groups excluding carboxylic acids is 3. The second-order valence-electron chi connectivity index (χ2n) is 6.87. The van der Waals surface area contributed by atoms with Gasteiger partial charge in [-0.15, -0.1) is 0 Å². The van der Waals surface area contributed by atoms with Crippen molar-refractivity contribution < 1.29 is 19.1 Å². The summed E-state index contributed by atoms with van der Waals surface area (Å²) in [6.45, 7) is 4.74. The van der Waals surface area contributed by atoms with E-state index in [1.165, 1.54) is 7.11 Å². The third-order valence-corrected chi connectivity index (χ3v) is 4.95. The molecule has 0 radical (unpaired) electrons. The minimum Gasteiger partial charge on any atom is -0.465 e. The van der Waals surface area contributed by atoms with Crippen LogP contribution in [0.3, 0.4) is 0 Å². The zero-order valence-corrected chi connectivity index (χ0v) is 16.3. The Bertz CT molecular complexity index is 909. The molecule has 2 amide bonds. The van der Waals surface area contributed by atoms with Gasteiger partial charge >= 0.3 is 5.97 Å². The molecule has 0 aliphatic carbocycles. The molecule has 1 aliphatic rings. The lowest BCUT2D eigenvalue weighted by atomic mass is 10.1. The lowest BCUT2D eigenvalue weighted by Gasteiger charge is -2.25. The maximum atomic E-state index is 13.1. The molecule has 1 fully saturated rings. The number of ether oxygens (including phenoxy) is 1. The zero-order chi connectivity index (χ0) is 20.3. The highest BCUT2D eigenvalue weighted by atomic mass is 16.5. The Kier molecular flexibility index (Phi) is 5.78. The highest BCUT2D eigenvalue weighted by Crippen LogP contribution is 2.29. The standard InChI is InChI=1S/C22H24N2O4/c1-4-23(18-9-5-7-15(2)11-18)21(26)17-13-20(25)24(14-17)19-10-6-8-16(12-19)22(27)28-3/h5-12,17H,4,13-14H2,1-3H3. The van der Waals surface area contributed by atoms with E-state index in [2.05, 4.69) is 0 Å². The van der Waals surface area contributed by atoms with Crippen LogP contribution in [0.1, 0.15) is 29.3 Å². The Morgan fingerprint density at radius 1 is 1.18 bits per heavy atom. The van der Waals surface area contributed by atoms with Crippen LogP contribution in [-0.2, 0) is 14.3 Å². The number of hydrogen-bond donors (Lipinski definition) is 0. The molecule has 0 N–H and O–H groups in total. The van der Waals surface area contributed by atoms with E-state index >= 15 is 0 Å². The molecule has 0 bridgehead atoms. The molecular formula is C22H24N2O4. The van der Waals surface area contributed by atoms with Crippen molar-refractivity contribution in [3.8, 4) is 0 Å². The Hall–Kier alpha value is -3.15. The van der Waals surface area contributed by atoms with Crippen LogP contribution in [0.25, 0.3) is 0 Å². The van der Waals surface area contributed by atoms with Gasteiger partial charge in [-0.05, 0) is 49.7 Å². The summed E-state index contributed by atoms with van der Waals surface area (Å²) in [6, 6.07) is 14.5.